The fourth-order valence-corrected chi connectivity index (χ4v) is 3.13. The largest absolute Gasteiger partial charge is 0.469 e. The third-order valence-corrected chi connectivity index (χ3v) is 4.63. The van der Waals surface area contributed by atoms with Gasteiger partial charge in [-0.1, -0.05) is 6.92 Å². The number of esters is 1. The van der Waals surface area contributed by atoms with Gasteiger partial charge >= 0.3 is 5.97 Å². The molecule has 0 spiro atoms. The Kier molecular flexibility index (Phi) is 6.44. The van der Waals surface area contributed by atoms with Crippen LogP contribution in [-0.4, -0.2) is 71.0 Å². The first kappa shape index (κ1) is 17.7. The van der Waals surface area contributed by atoms with Crippen molar-refractivity contribution in [2.24, 2.45) is 16.8 Å². The molecule has 122 valence electrons. The zero-order valence-electron chi connectivity index (χ0n) is 13.1. The minimum atomic E-state index is -2.93. The molecule has 0 bridgehead atoms. The van der Waals surface area contributed by atoms with Crippen LogP contribution in [0.4, 0.5) is 0 Å². The summed E-state index contributed by atoms with van der Waals surface area (Å²) in [6, 6.07) is 0. The van der Waals surface area contributed by atoms with Gasteiger partial charge in [-0.25, -0.2) is 8.42 Å². The van der Waals surface area contributed by atoms with Crippen LogP contribution < -0.4 is 5.32 Å². The van der Waals surface area contributed by atoms with Crippen LogP contribution in [0.1, 0.15) is 13.3 Å². The van der Waals surface area contributed by atoms with Crippen LogP contribution in [0.15, 0.2) is 4.99 Å². The molecule has 1 aliphatic rings. The van der Waals surface area contributed by atoms with E-state index in [9.17, 15) is 13.2 Å². The van der Waals surface area contributed by atoms with E-state index in [0.29, 0.717) is 25.5 Å². The summed E-state index contributed by atoms with van der Waals surface area (Å²) in [5.41, 5.74) is 0. The number of rotatable bonds is 5. The standard InChI is InChI=1S/C13H25N3O4S/c1-10-8-16(9-11(10)12(17)20-3)13(14-2)15-6-5-7-21(4,18)19/h10-11H,5-9H2,1-4H3,(H,14,15). The molecule has 2 atom stereocenters. The zero-order chi connectivity index (χ0) is 16.0. The molecule has 0 aromatic carbocycles. The van der Waals surface area contributed by atoms with Crippen molar-refractivity contribution in [2.45, 2.75) is 13.3 Å². The Labute approximate surface area is 126 Å². The Morgan fingerprint density at radius 3 is 2.62 bits per heavy atom. The number of likely N-dealkylation sites (tertiary alicyclic amines) is 1. The Morgan fingerprint density at radius 2 is 2.10 bits per heavy atom. The van der Waals surface area contributed by atoms with Crippen LogP contribution in [0.2, 0.25) is 0 Å². The fourth-order valence-electron chi connectivity index (χ4n) is 2.46. The van der Waals surface area contributed by atoms with Crippen LogP contribution in [0.5, 0.6) is 0 Å². The van der Waals surface area contributed by atoms with Crippen molar-refractivity contribution < 1.29 is 17.9 Å². The van der Waals surface area contributed by atoms with Gasteiger partial charge in [0, 0.05) is 32.9 Å². The molecule has 2 unspecified atom stereocenters. The summed E-state index contributed by atoms with van der Waals surface area (Å²) in [4.78, 5) is 17.9. The van der Waals surface area contributed by atoms with Crippen molar-refractivity contribution in [2.75, 3.05) is 45.8 Å². The lowest BCUT2D eigenvalue weighted by Gasteiger charge is -2.21. The summed E-state index contributed by atoms with van der Waals surface area (Å²) in [6.07, 6.45) is 1.76. The van der Waals surface area contributed by atoms with Gasteiger partial charge in [-0.3, -0.25) is 9.79 Å². The average molecular weight is 319 g/mol. The summed E-state index contributed by atoms with van der Waals surface area (Å²) in [5.74, 6) is 0.703. The predicted octanol–water partition coefficient (Wildman–Crippen LogP) is -0.263. The number of hydrogen-bond acceptors (Lipinski definition) is 5. The summed E-state index contributed by atoms with van der Waals surface area (Å²) >= 11 is 0. The summed E-state index contributed by atoms with van der Waals surface area (Å²) in [6.45, 7) is 3.84. The topological polar surface area (TPSA) is 88.1 Å². The second-order valence-corrected chi connectivity index (χ2v) is 7.73. The predicted molar refractivity (Wildman–Crippen MR) is 81.9 cm³/mol. The van der Waals surface area contributed by atoms with Crippen molar-refractivity contribution in [1.29, 1.82) is 0 Å². The van der Waals surface area contributed by atoms with Crippen LogP contribution >= 0.6 is 0 Å². The van der Waals surface area contributed by atoms with E-state index >= 15 is 0 Å². The molecule has 7 nitrogen and oxygen atoms in total. The number of nitrogens with one attached hydrogen (secondary N) is 1. The van der Waals surface area contributed by atoms with Crippen molar-refractivity contribution in [3.05, 3.63) is 0 Å². The van der Waals surface area contributed by atoms with Crippen molar-refractivity contribution >= 4 is 21.8 Å². The highest BCUT2D eigenvalue weighted by Gasteiger charge is 2.36. The molecule has 0 saturated carbocycles. The van der Waals surface area contributed by atoms with Gasteiger partial charge in [-0.05, 0) is 12.3 Å². The third-order valence-electron chi connectivity index (χ3n) is 3.60. The van der Waals surface area contributed by atoms with E-state index < -0.39 is 9.84 Å². The summed E-state index contributed by atoms with van der Waals surface area (Å²) in [7, 11) is 0.140. The van der Waals surface area contributed by atoms with Gasteiger partial charge in [0.15, 0.2) is 5.96 Å². The molecule has 0 aromatic heterocycles. The SMILES string of the molecule is CN=C(NCCCS(C)(=O)=O)N1CC(C)C(C(=O)OC)C1. The minimum Gasteiger partial charge on any atom is -0.469 e. The summed E-state index contributed by atoms with van der Waals surface area (Å²) in [5, 5.41) is 3.14. The van der Waals surface area contributed by atoms with Gasteiger partial charge in [0.1, 0.15) is 9.84 Å². The monoisotopic (exact) mass is 319 g/mol. The molecule has 1 fully saturated rings. The van der Waals surface area contributed by atoms with Gasteiger partial charge in [0.2, 0.25) is 0 Å². The third kappa shape index (κ3) is 5.53. The first-order valence-corrected chi connectivity index (χ1v) is 9.05. The van der Waals surface area contributed by atoms with E-state index in [4.69, 9.17) is 4.74 Å². The van der Waals surface area contributed by atoms with E-state index in [1.807, 2.05) is 11.8 Å². The number of sulfone groups is 1. The molecule has 0 radical (unpaired) electrons. The average Bonchev–Trinajstić information content (AvgIpc) is 2.78. The molecule has 0 amide bonds. The second-order valence-electron chi connectivity index (χ2n) is 5.47. The molecule has 0 aromatic rings. The normalized spacial score (nSPS) is 23.2. The second kappa shape index (κ2) is 7.63. The summed E-state index contributed by atoms with van der Waals surface area (Å²) < 4.78 is 27.0. The zero-order valence-corrected chi connectivity index (χ0v) is 13.9. The lowest BCUT2D eigenvalue weighted by molar-refractivity contribution is -0.145. The Hall–Kier alpha value is -1.31. The number of hydrogen-bond donors (Lipinski definition) is 1. The van der Waals surface area contributed by atoms with Gasteiger partial charge < -0.3 is 15.0 Å². The number of carbonyl (C=O) groups excluding carboxylic acids is 1. The number of methoxy groups -OCH3 is 1. The molecular formula is C13H25N3O4S. The molecule has 1 saturated heterocycles. The molecule has 1 rings (SSSR count). The molecular weight excluding hydrogens is 294 g/mol. The maximum Gasteiger partial charge on any atom is 0.310 e. The van der Waals surface area contributed by atoms with E-state index in [0.717, 1.165) is 6.54 Å². The number of aliphatic imine (C=N–C) groups is 1. The first-order chi connectivity index (χ1) is 9.78. The van der Waals surface area contributed by atoms with Crippen LogP contribution in [-0.2, 0) is 19.4 Å². The van der Waals surface area contributed by atoms with Gasteiger partial charge in [0.05, 0.1) is 18.8 Å². The van der Waals surface area contributed by atoms with Crippen LogP contribution in [0.25, 0.3) is 0 Å². The smallest absolute Gasteiger partial charge is 0.310 e. The van der Waals surface area contributed by atoms with E-state index in [1.165, 1.54) is 13.4 Å². The van der Waals surface area contributed by atoms with E-state index in [2.05, 4.69) is 10.3 Å². The minimum absolute atomic E-state index is 0.149. The quantitative estimate of drug-likeness (QED) is 0.325. The molecule has 1 N–H and O–H groups in total. The molecule has 1 heterocycles. The first-order valence-electron chi connectivity index (χ1n) is 6.99. The van der Waals surface area contributed by atoms with Gasteiger partial charge in [-0.15, -0.1) is 0 Å². The number of ether oxygens (including phenoxy) is 1. The maximum atomic E-state index is 11.7. The van der Waals surface area contributed by atoms with Gasteiger partial charge in [0.25, 0.3) is 0 Å². The number of nitrogens with zero attached hydrogens (tertiary/aromatic N) is 2. The van der Waals surface area contributed by atoms with E-state index in [-0.39, 0.29) is 23.6 Å². The Morgan fingerprint density at radius 1 is 1.43 bits per heavy atom. The Bertz CT molecular complexity index is 490. The number of guanidine groups is 1. The van der Waals surface area contributed by atoms with Crippen LogP contribution in [0, 0.1) is 11.8 Å². The van der Waals surface area contributed by atoms with Crippen molar-refractivity contribution in [3.8, 4) is 0 Å². The number of carbonyl (C=O) groups is 1. The van der Waals surface area contributed by atoms with E-state index in [1.54, 1.807) is 7.05 Å². The molecule has 21 heavy (non-hydrogen) atoms. The molecule has 1 aliphatic heterocycles. The van der Waals surface area contributed by atoms with Crippen molar-refractivity contribution in [3.63, 3.8) is 0 Å². The maximum absolute atomic E-state index is 11.7. The molecule has 0 aliphatic carbocycles. The Balaban J connectivity index is 2.49. The van der Waals surface area contributed by atoms with Crippen LogP contribution in [0.3, 0.4) is 0 Å². The highest BCUT2D eigenvalue weighted by Crippen LogP contribution is 2.23. The lowest BCUT2D eigenvalue weighted by atomic mass is 9.99. The molecule has 8 heteroatoms. The van der Waals surface area contributed by atoms with Gasteiger partial charge in [-0.2, -0.15) is 0 Å². The lowest BCUT2D eigenvalue weighted by Crippen LogP contribution is -2.41. The fraction of sp³-hybridized carbons (Fsp3) is 0.846. The van der Waals surface area contributed by atoms with Crippen molar-refractivity contribution in [1.82, 2.24) is 10.2 Å². The highest BCUT2D eigenvalue weighted by molar-refractivity contribution is 7.90. The highest BCUT2D eigenvalue weighted by atomic mass is 32.2.